The van der Waals surface area contributed by atoms with Gasteiger partial charge in [-0.1, -0.05) is 31.5 Å². The highest BCUT2D eigenvalue weighted by molar-refractivity contribution is 5.94. The Bertz CT molecular complexity index is 375. The predicted octanol–water partition coefficient (Wildman–Crippen LogP) is 3.07. The van der Waals surface area contributed by atoms with Gasteiger partial charge in [0.05, 0.1) is 6.04 Å². The zero-order valence-corrected chi connectivity index (χ0v) is 10.6. The van der Waals surface area contributed by atoms with E-state index >= 15 is 0 Å². The second-order valence-corrected chi connectivity index (χ2v) is 4.38. The van der Waals surface area contributed by atoms with Gasteiger partial charge in [-0.3, -0.25) is 4.90 Å². The molecule has 0 aromatic heterocycles. The first kappa shape index (κ1) is 12.0. The van der Waals surface area contributed by atoms with Crippen LogP contribution in [0.1, 0.15) is 26.7 Å². The monoisotopic (exact) mass is 232 g/mol. The van der Waals surface area contributed by atoms with Crippen LogP contribution in [0.25, 0.3) is 0 Å². The number of aliphatic imine (C=N–C) groups is 1. The Kier molecular flexibility index (Phi) is 4.02. The van der Waals surface area contributed by atoms with Crippen molar-refractivity contribution >= 4 is 11.7 Å². The van der Waals surface area contributed by atoms with Gasteiger partial charge < -0.3 is 4.74 Å². The second-order valence-electron chi connectivity index (χ2n) is 4.38. The molecule has 0 aliphatic carbocycles. The lowest BCUT2D eigenvalue weighted by Crippen LogP contribution is -2.32. The molecule has 3 heteroatoms. The summed E-state index contributed by atoms with van der Waals surface area (Å²) in [6.07, 6.45) is 2.28. The zero-order chi connectivity index (χ0) is 12.1. The van der Waals surface area contributed by atoms with Gasteiger partial charge in [0.1, 0.15) is 6.61 Å². The first-order valence-electron chi connectivity index (χ1n) is 6.34. The molecule has 1 aliphatic rings. The number of hydrogen-bond donors (Lipinski definition) is 0. The largest absolute Gasteiger partial charge is 0.463 e. The molecule has 0 spiro atoms. The van der Waals surface area contributed by atoms with Crippen molar-refractivity contribution < 1.29 is 4.74 Å². The average Bonchev–Trinajstić information content (AvgIpc) is 2.72. The van der Waals surface area contributed by atoms with Gasteiger partial charge in [-0.25, -0.2) is 4.99 Å². The molecule has 1 saturated heterocycles. The Morgan fingerprint density at radius 1 is 1.35 bits per heavy atom. The lowest BCUT2D eigenvalue weighted by Gasteiger charge is -2.20. The molecule has 0 amide bonds. The van der Waals surface area contributed by atoms with Crippen LogP contribution in [0.15, 0.2) is 35.3 Å². The minimum atomic E-state index is 0.359. The van der Waals surface area contributed by atoms with E-state index in [-0.39, 0.29) is 0 Å². The van der Waals surface area contributed by atoms with Crippen molar-refractivity contribution in [3.8, 4) is 0 Å². The molecule has 0 saturated carbocycles. The number of unbranched alkanes of at least 4 members (excludes halogenated alkanes) is 1. The average molecular weight is 232 g/mol. The van der Waals surface area contributed by atoms with E-state index in [1.54, 1.807) is 0 Å². The van der Waals surface area contributed by atoms with Crippen LogP contribution < -0.4 is 4.90 Å². The maximum absolute atomic E-state index is 5.65. The lowest BCUT2D eigenvalue weighted by molar-refractivity contribution is 0.330. The Balaban J connectivity index is 2.14. The van der Waals surface area contributed by atoms with E-state index in [0.29, 0.717) is 6.04 Å². The van der Waals surface area contributed by atoms with Crippen molar-refractivity contribution in [3.05, 3.63) is 30.3 Å². The third kappa shape index (κ3) is 2.78. The summed E-state index contributed by atoms with van der Waals surface area (Å²) in [6.45, 7) is 5.91. The molecule has 17 heavy (non-hydrogen) atoms. The maximum Gasteiger partial charge on any atom is 0.292 e. The van der Waals surface area contributed by atoms with Crippen molar-refractivity contribution in [2.45, 2.75) is 32.7 Å². The number of para-hydroxylation sites is 1. The van der Waals surface area contributed by atoms with E-state index in [9.17, 15) is 0 Å². The van der Waals surface area contributed by atoms with Gasteiger partial charge in [0.25, 0.3) is 6.02 Å². The highest BCUT2D eigenvalue weighted by atomic mass is 16.5. The molecule has 1 aromatic carbocycles. The van der Waals surface area contributed by atoms with E-state index < -0.39 is 0 Å². The molecule has 1 atom stereocenters. The first-order valence-corrected chi connectivity index (χ1v) is 6.34. The number of amidine groups is 1. The van der Waals surface area contributed by atoms with Gasteiger partial charge in [-0.2, -0.15) is 0 Å². The molecule has 2 rings (SSSR count). The Morgan fingerprint density at radius 3 is 2.82 bits per heavy atom. The quantitative estimate of drug-likeness (QED) is 0.745. The molecule has 0 N–H and O–H groups in total. The summed E-state index contributed by atoms with van der Waals surface area (Å²) in [7, 11) is 0. The highest BCUT2D eigenvalue weighted by Crippen LogP contribution is 2.22. The third-order valence-corrected chi connectivity index (χ3v) is 2.89. The van der Waals surface area contributed by atoms with Gasteiger partial charge in [0, 0.05) is 12.2 Å². The molecule has 1 heterocycles. The van der Waals surface area contributed by atoms with Gasteiger partial charge >= 0.3 is 0 Å². The van der Waals surface area contributed by atoms with E-state index in [1.807, 2.05) is 18.2 Å². The topological polar surface area (TPSA) is 24.8 Å². The summed E-state index contributed by atoms with van der Waals surface area (Å²) in [5.41, 5.74) is 1.16. The molecule has 1 aliphatic heterocycles. The van der Waals surface area contributed by atoms with Crippen LogP contribution in [0.5, 0.6) is 0 Å². The molecule has 92 valence electrons. The van der Waals surface area contributed by atoms with E-state index in [1.165, 1.54) is 0 Å². The zero-order valence-electron chi connectivity index (χ0n) is 10.6. The summed E-state index contributed by atoms with van der Waals surface area (Å²) in [6, 6.07) is 11.4. The van der Waals surface area contributed by atoms with Crippen LogP contribution in [0.4, 0.5) is 5.69 Å². The van der Waals surface area contributed by atoms with Gasteiger partial charge in [0.2, 0.25) is 0 Å². The highest BCUT2D eigenvalue weighted by Gasteiger charge is 2.28. The summed E-state index contributed by atoms with van der Waals surface area (Å²) in [5.74, 6) is 0. The number of rotatable bonds is 4. The van der Waals surface area contributed by atoms with Crippen molar-refractivity contribution in [2.75, 3.05) is 18.1 Å². The first-order chi connectivity index (χ1) is 8.33. The Morgan fingerprint density at radius 2 is 2.12 bits per heavy atom. The Hall–Kier alpha value is -1.51. The Labute approximate surface area is 103 Å². The number of nitrogens with zero attached hydrogens (tertiary/aromatic N) is 2. The molecule has 1 unspecified atom stereocenters. The van der Waals surface area contributed by atoms with Crippen LogP contribution in [0.2, 0.25) is 0 Å². The summed E-state index contributed by atoms with van der Waals surface area (Å²) >= 11 is 0. The third-order valence-electron chi connectivity index (χ3n) is 2.89. The number of hydrogen-bond acceptors (Lipinski definition) is 2. The molecule has 0 bridgehead atoms. The molecular weight excluding hydrogens is 212 g/mol. The van der Waals surface area contributed by atoms with Gasteiger partial charge in [-0.05, 0) is 25.5 Å². The molecule has 1 fully saturated rings. The van der Waals surface area contributed by atoms with Crippen molar-refractivity contribution in [2.24, 2.45) is 4.99 Å². The fraction of sp³-hybridized carbons (Fsp3) is 0.500. The molecular formula is C14H20N2O. The van der Waals surface area contributed by atoms with Crippen LogP contribution >= 0.6 is 0 Å². The number of anilines is 1. The van der Waals surface area contributed by atoms with Crippen LogP contribution in [0.3, 0.4) is 0 Å². The summed E-state index contributed by atoms with van der Waals surface area (Å²) in [5, 5.41) is 0. The predicted molar refractivity (Wildman–Crippen MR) is 71.5 cm³/mol. The van der Waals surface area contributed by atoms with Crippen LogP contribution in [-0.2, 0) is 4.74 Å². The van der Waals surface area contributed by atoms with Crippen molar-refractivity contribution in [3.63, 3.8) is 0 Å². The van der Waals surface area contributed by atoms with Gasteiger partial charge in [0.15, 0.2) is 0 Å². The minimum absolute atomic E-state index is 0.359. The van der Waals surface area contributed by atoms with Crippen molar-refractivity contribution in [1.82, 2.24) is 0 Å². The van der Waals surface area contributed by atoms with Crippen LogP contribution in [-0.4, -0.2) is 25.2 Å². The minimum Gasteiger partial charge on any atom is -0.463 e. The fourth-order valence-electron chi connectivity index (χ4n) is 1.94. The summed E-state index contributed by atoms with van der Waals surface area (Å²) in [4.78, 5) is 6.72. The summed E-state index contributed by atoms with van der Waals surface area (Å²) < 4.78 is 5.65. The van der Waals surface area contributed by atoms with Crippen molar-refractivity contribution in [1.29, 1.82) is 0 Å². The SMILES string of the molecule is CCCCN=C1OCC(C)N1c1ccccc1. The number of ether oxygens (including phenoxy) is 1. The molecule has 3 nitrogen and oxygen atoms in total. The molecule has 1 aromatic rings. The lowest BCUT2D eigenvalue weighted by atomic mass is 10.2. The number of benzene rings is 1. The normalized spacial score (nSPS) is 21.9. The fourth-order valence-corrected chi connectivity index (χ4v) is 1.94. The van der Waals surface area contributed by atoms with Crippen LogP contribution in [0, 0.1) is 0 Å². The maximum atomic E-state index is 5.65. The second kappa shape index (κ2) is 5.71. The van der Waals surface area contributed by atoms with E-state index in [4.69, 9.17) is 4.74 Å². The van der Waals surface area contributed by atoms with Gasteiger partial charge in [-0.15, -0.1) is 0 Å². The smallest absolute Gasteiger partial charge is 0.292 e. The van der Waals surface area contributed by atoms with E-state index in [0.717, 1.165) is 37.7 Å². The standard InChI is InChI=1S/C14H20N2O/c1-3-4-10-15-14-16(12(2)11-17-14)13-8-6-5-7-9-13/h5-9,12H,3-4,10-11H2,1-2H3. The molecule has 0 radical (unpaired) electrons. The van der Waals surface area contributed by atoms with E-state index in [2.05, 4.69) is 35.9 Å².